The maximum absolute atomic E-state index is 13.1. The van der Waals surface area contributed by atoms with Gasteiger partial charge in [0.25, 0.3) is 5.69 Å². The Bertz CT molecular complexity index is 897. The van der Waals surface area contributed by atoms with Crippen molar-refractivity contribution < 1.29 is 22.9 Å². The summed E-state index contributed by atoms with van der Waals surface area (Å²) in [6.07, 6.45) is 0. The fourth-order valence-corrected chi connectivity index (χ4v) is 4.02. The van der Waals surface area contributed by atoms with Gasteiger partial charge in [0, 0.05) is 18.7 Å². The zero-order valence-electron chi connectivity index (χ0n) is 14.9. The van der Waals surface area contributed by atoms with Crippen LogP contribution >= 0.6 is 0 Å². The van der Waals surface area contributed by atoms with E-state index in [1.165, 1.54) is 6.92 Å². The number of hydrogen-bond donors (Lipinski definition) is 0. The number of benzene rings is 2. The molecule has 2 aromatic rings. The van der Waals surface area contributed by atoms with Crippen molar-refractivity contribution in [1.82, 2.24) is 4.31 Å². The van der Waals surface area contributed by atoms with E-state index in [4.69, 9.17) is 4.74 Å². The van der Waals surface area contributed by atoms with Crippen molar-refractivity contribution in [3.05, 3.63) is 70.3 Å². The Hall–Kier alpha value is -2.78. The number of hydrogen-bond acceptors (Lipinski definition) is 6. The molecule has 9 heteroatoms. The Kier molecular flexibility index (Phi) is 6.65. The van der Waals surface area contributed by atoms with Crippen LogP contribution in [0.5, 0.6) is 0 Å². The third-order valence-corrected chi connectivity index (χ3v) is 5.83. The fraction of sp³-hybridized carbons (Fsp3) is 0.278. The topological polar surface area (TPSA) is 107 Å². The van der Waals surface area contributed by atoms with E-state index in [0.29, 0.717) is 5.56 Å². The molecule has 0 amide bonds. The number of nitro benzene ring substituents is 1. The first-order valence-electron chi connectivity index (χ1n) is 8.24. The molecule has 1 atom stereocenters. The number of sulfonamides is 1. The van der Waals surface area contributed by atoms with E-state index in [9.17, 15) is 23.3 Å². The van der Waals surface area contributed by atoms with Gasteiger partial charge in [-0.15, -0.1) is 0 Å². The van der Waals surface area contributed by atoms with E-state index >= 15 is 0 Å². The van der Waals surface area contributed by atoms with Gasteiger partial charge >= 0.3 is 5.97 Å². The summed E-state index contributed by atoms with van der Waals surface area (Å²) in [6.45, 7) is 3.17. The summed E-state index contributed by atoms with van der Waals surface area (Å²) in [5, 5.41) is 10.8. The first kappa shape index (κ1) is 20.5. The molecule has 2 aromatic carbocycles. The number of nitrogens with zero attached hydrogens (tertiary/aromatic N) is 2. The van der Waals surface area contributed by atoms with Crippen LogP contribution in [-0.4, -0.2) is 36.3 Å². The van der Waals surface area contributed by atoms with E-state index in [1.54, 1.807) is 37.3 Å². The third kappa shape index (κ3) is 4.89. The molecule has 0 aliphatic carbocycles. The van der Waals surface area contributed by atoms with Crippen LogP contribution < -0.4 is 0 Å². The van der Waals surface area contributed by atoms with Crippen molar-refractivity contribution >= 4 is 21.7 Å². The van der Waals surface area contributed by atoms with Gasteiger partial charge < -0.3 is 4.74 Å². The predicted octanol–water partition coefficient (Wildman–Crippen LogP) is 2.74. The Labute approximate surface area is 157 Å². The van der Waals surface area contributed by atoms with Crippen molar-refractivity contribution in [2.24, 2.45) is 0 Å². The molecule has 0 radical (unpaired) electrons. The number of non-ortho nitro benzene ring substituents is 1. The van der Waals surface area contributed by atoms with Gasteiger partial charge in [0.15, 0.2) is 0 Å². The van der Waals surface area contributed by atoms with Crippen molar-refractivity contribution in [2.45, 2.75) is 31.3 Å². The molecule has 0 spiro atoms. The maximum Gasteiger partial charge on any atom is 0.324 e. The minimum Gasteiger partial charge on any atom is -0.465 e. The zero-order valence-corrected chi connectivity index (χ0v) is 15.8. The lowest BCUT2D eigenvalue weighted by Gasteiger charge is -2.27. The number of rotatable bonds is 8. The van der Waals surface area contributed by atoms with Crippen LogP contribution in [0.25, 0.3) is 0 Å². The summed E-state index contributed by atoms with van der Waals surface area (Å²) >= 11 is 0. The largest absolute Gasteiger partial charge is 0.465 e. The molecule has 0 bridgehead atoms. The van der Waals surface area contributed by atoms with Crippen LogP contribution in [0.3, 0.4) is 0 Å². The highest BCUT2D eigenvalue weighted by atomic mass is 32.2. The second-order valence-corrected chi connectivity index (χ2v) is 7.61. The van der Waals surface area contributed by atoms with Gasteiger partial charge in [-0.05, 0) is 31.5 Å². The van der Waals surface area contributed by atoms with E-state index in [1.807, 2.05) is 0 Å². The van der Waals surface area contributed by atoms with Crippen LogP contribution in [-0.2, 0) is 26.1 Å². The van der Waals surface area contributed by atoms with Crippen LogP contribution in [0.1, 0.15) is 19.4 Å². The summed E-state index contributed by atoms with van der Waals surface area (Å²) in [4.78, 5) is 22.2. The lowest BCUT2D eigenvalue weighted by molar-refractivity contribution is -0.384. The second kappa shape index (κ2) is 8.74. The molecule has 0 aromatic heterocycles. The summed E-state index contributed by atoms with van der Waals surface area (Å²) < 4.78 is 32.2. The Morgan fingerprint density at radius 1 is 1.15 bits per heavy atom. The van der Waals surface area contributed by atoms with Crippen LogP contribution in [0.2, 0.25) is 0 Å². The van der Waals surface area contributed by atoms with Gasteiger partial charge in [-0.1, -0.05) is 30.3 Å². The van der Waals surface area contributed by atoms with Gasteiger partial charge in [-0.3, -0.25) is 14.9 Å². The zero-order chi connectivity index (χ0) is 20.0. The molecule has 1 unspecified atom stereocenters. The molecule has 27 heavy (non-hydrogen) atoms. The number of esters is 1. The molecule has 144 valence electrons. The molecular formula is C18H20N2O6S. The first-order valence-corrected chi connectivity index (χ1v) is 9.68. The molecular weight excluding hydrogens is 372 g/mol. The number of carbonyl (C=O) groups excluding carboxylic acids is 1. The molecule has 0 fully saturated rings. The summed E-state index contributed by atoms with van der Waals surface area (Å²) in [6, 6.07) is 12.3. The van der Waals surface area contributed by atoms with E-state index in [0.717, 1.165) is 28.6 Å². The highest BCUT2D eigenvalue weighted by Gasteiger charge is 2.34. The van der Waals surface area contributed by atoms with Crippen molar-refractivity contribution in [2.75, 3.05) is 6.61 Å². The summed E-state index contributed by atoms with van der Waals surface area (Å²) in [5.41, 5.74) is 0.473. The smallest absolute Gasteiger partial charge is 0.324 e. The average Bonchev–Trinajstić information content (AvgIpc) is 2.66. The van der Waals surface area contributed by atoms with Gasteiger partial charge in [0.1, 0.15) is 6.04 Å². The van der Waals surface area contributed by atoms with Gasteiger partial charge in [0.05, 0.1) is 16.4 Å². The van der Waals surface area contributed by atoms with E-state index in [-0.39, 0.29) is 23.7 Å². The monoisotopic (exact) mass is 392 g/mol. The van der Waals surface area contributed by atoms with Gasteiger partial charge in [-0.2, -0.15) is 4.31 Å². The SMILES string of the molecule is CCOC(=O)C(C)N(Cc1ccccc1)S(=O)(=O)c1ccc([N+](=O)[O-])cc1. The standard InChI is InChI=1S/C18H20N2O6S/c1-3-26-18(21)14(2)19(13-15-7-5-4-6-8-15)27(24,25)17-11-9-16(10-12-17)20(22)23/h4-12,14H,3,13H2,1-2H3. The third-order valence-electron chi connectivity index (χ3n) is 3.90. The Morgan fingerprint density at radius 3 is 2.26 bits per heavy atom. The lowest BCUT2D eigenvalue weighted by Crippen LogP contribution is -2.43. The van der Waals surface area contributed by atoms with Crippen LogP contribution in [0.4, 0.5) is 5.69 Å². The molecule has 0 saturated carbocycles. The molecule has 0 aliphatic heterocycles. The van der Waals surface area contributed by atoms with Crippen molar-refractivity contribution in [3.63, 3.8) is 0 Å². The molecule has 2 rings (SSSR count). The minimum atomic E-state index is -4.09. The van der Waals surface area contributed by atoms with Crippen LogP contribution in [0.15, 0.2) is 59.5 Å². The van der Waals surface area contributed by atoms with E-state index < -0.39 is 27.0 Å². The second-order valence-electron chi connectivity index (χ2n) is 5.71. The minimum absolute atomic E-state index is 0.0415. The van der Waals surface area contributed by atoms with Crippen molar-refractivity contribution in [1.29, 1.82) is 0 Å². The quantitative estimate of drug-likeness (QED) is 0.388. The van der Waals surface area contributed by atoms with Crippen LogP contribution in [0, 0.1) is 10.1 Å². The highest BCUT2D eigenvalue weighted by molar-refractivity contribution is 7.89. The number of nitro groups is 1. The van der Waals surface area contributed by atoms with Gasteiger partial charge in [0.2, 0.25) is 10.0 Å². The van der Waals surface area contributed by atoms with E-state index in [2.05, 4.69) is 0 Å². The molecule has 0 heterocycles. The normalized spacial score (nSPS) is 12.6. The summed E-state index contributed by atoms with van der Waals surface area (Å²) in [5.74, 6) is -0.668. The average molecular weight is 392 g/mol. The van der Waals surface area contributed by atoms with Crippen molar-refractivity contribution in [3.8, 4) is 0 Å². The predicted molar refractivity (Wildman–Crippen MR) is 98.4 cm³/mol. The summed E-state index contributed by atoms with van der Waals surface area (Å²) in [7, 11) is -4.09. The number of carbonyl (C=O) groups is 1. The number of ether oxygens (including phenoxy) is 1. The molecule has 0 saturated heterocycles. The maximum atomic E-state index is 13.1. The molecule has 8 nitrogen and oxygen atoms in total. The fourth-order valence-electron chi connectivity index (χ4n) is 2.45. The lowest BCUT2D eigenvalue weighted by atomic mass is 10.2. The molecule has 0 N–H and O–H groups in total. The Balaban J connectivity index is 2.43. The molecule has 0 aliphatic rings. The highest BCUT2D eigenvalue weighted by Crippen LogP contribution is 2.24. The first-order chi connectivity index (χ1) is 12.8. The Morgan fingerprint density at radius 2 is 1.74 bits per heavy atom. The van der Waals surface area contributed by atoms with Gasteiger partial charge in [-0.25, -0.2) is 8.42 Å².